The Morgan fingerprint density at radius 1 is 1.48 bits per heavy atom. The standard InChI is InChI=1S/C17H23N3OS2/c1-12-11-23-16(19-12)17(2,3)18-10-15(21)20-8-4-6-13(20)14-7-5-9-22-14/h5,7,9,11,13,18H,4,6,8,10H2,1-3H3/t13-/m1/s1. The van der Waals surface area contributed by atoms with Gasteiger partial charge in [-0.2, -0.15) is 0 Å². The molecule has 1 aliphatic heterocycles. The average Bonchev–Trinajstić information content (AvgIpc) is 3.24. The molecule has 0 spiro atoms. The van der Waals surface area contributed by atoms with Crippen LogP contribution in [0.25, 0.3) is 0 Å². The number of carbonyl (C=O) groups excluding carboxylic acids is 1. The van der Waals surface area contributed by atoms with E-state index in [-0.39, 0.29) is 17.5 Å². The van der Waals surface area contributed by atoms with Crippen LogP contribution in [0.3, 0.4) is 0 Å². The van der Waals surface area contributed by atoms with Crippen LogP contribution in [-0.2, 0) is 10.3 Å². The fourth-order valence-corrected chi connectivity index (χ4v) is 4.73. The summed E-state index contributed by atoms with van der Waals surface area (Å²) in [6.45, 7) is 7.38. The Morgan fingerprint density at radius 2 is 2.30 bits per heavy atom. The van der Waals surface area contributed by atoms with Crippen molar-refractivity contribution in [2.24, 2.45) is 0 Å². The van der Waals surface area contributed by atoms with Gasteiger partial charge in [-0.05, 0) is 45.1 Å². The van der Waals surface area contributed by atoms with Crippen LogP contribution in [0.4, 0.5) is 0 Å². The lowest BCUT2D eigenvalue weighted by Gasteiger charge is -2.28. The van der Waals surface area contributed by atoms with Crippen LogP contribution in [0.2, 0.25) is 0 Å². The van der Waals surface area contributed by atoms with Gasteiger partial charge in [0, 0.05) is 22.5 Å². The largest absolute Gasteiger partial charge is 0.334 e. The molecule has 2 aromatic rings. The van der Waals surface area contributed by atoms with Crippen molar-refractivity contribution in [1.82, 2.24) is 15.2 Å². The van der Waals surface area contributed by atoms with Gasteiger partial charge in [0.05, 0.1) is 18.1 Å². The summed E-state index contributed by atoms with van der Waals surface area (Å²) in [5.41, 5.74) is 0.746. The smallest absolute Gasteiger partial charge is 0.237 e. The van der Waals surface area contributed by atoms with Gasteiger partial charge in [0.2, 0.25) is 5.91 Å². The van der Waals surface area contributed by atoms with Crippen molar-refractivity contribution < 1.29 is 4.79 Å². The zero-order valence-electron chi connectivity index (χ0n) is 13.8. The monoisotopic (exact) mass is 349 g/mol. The highest BCUT2D eigenvalue weighted by Crippen LogP contribution is 2.34. The number of thiazole rings is 1. The van der Waals surface area contributed by atoms with Gasteiger partial charge < -0.3 is 4.90 Å². The number of nitrogens with zero attached hydrogens (tertiary/aromatic N) is 2. The maximum Gasteiger partial charge on any atom is 0.237 e. The number of rotatable bonds is 5. The maximum absolute atomic E-state index is 12.7. The molecular formula is C17H23N3OS2. The van der Waals surface area contributed by atoms with E-state index < -0.39 is 0 Å². The van der Waals surface area contributed by atoms with Gasteiger partial charge in [-0.3, -0.25) is 10.1 Å². The molecule has 124 valence electrons. The Kier molecular flexibility index (Phi) is 4.85. The minimum atomic E-state index is -0.285. The normalized spacial score (nSPS) is 18.6. The summed E-state index contributed by atoms with van der Waals surface area (Å²) < 4.78 is 0. The third-order valence-corrected chi connectivity index (χ3v) is 6.54. The van der Waals surface area contributed by atoms with Crippen LogP contribution in [0, 0.1) is 6.92 Å². The molecule has 3 rings (SSSR count). The number of hydrogen-bond acceptors (Lipinski definition) is 5. The fraction of sp³-hybridized carbons (Fsp3) is 0.529. The predicted octanol–water partition coefficient (Wildman–Crippen LogP) is 3.70. The Hall–Kier alpha value is -1.24. The second-order valence-electron chi connectivity index (χ2n) is 6.53. The third kappa shape index (κ3) is 3.65. The molecule has 0 radical (unpaired) electrons. The number of aryl methyl sites for hydroxylation is 1. The van der Waals surface area contributed by atoms with Crippen LogP contribution in [-0.4, -0.2) is 28.9 Å². The fourth-order valence-electron chi connectivity index (χ4n) is 2.96. The summed E-state index contributed by atoms with van der Waals surface area (Å²) >= 11 is 3.38. The van der Waals surface area contributed by atoms with Gasteiger partial charge in [0.1, 0.15) is 5.01 Å². The van der Waals surface area contributed by atoms with E-state index in [4.69, 9.17) is 0 Å². The lowest BCUT2D eigenvalue weighted by atomic mass is 10.1. The molecular weight excluding hydrogens is 326 g/mol. The van der Waals surface area contributed by atoms with E-state index in [1.165, 1.54) is 4.88 Å². The highest BCUT2D eigenvalue weighted by molar-refractivity contribution is 7.10. The number of likely N-dealkylation sites (tertiary alicyclic amines) is 1. The van der Waals surface area contributed by atoms with E-state index >= 15 is 0 Å². The summed E-state index contributed by atoms with van der Waals surface area (Å²) in [4.78, 5) is 20.6. The molecule has 1 N–H and O–H groups in total. The van der Waals surface area contributed by atoms with E-state index in [9.17, 15) is 4.79 Å². The molecule has 1 saturated heterocycles. The SMILES string of the molecule is Cc1csc(C(C)(C)NCC(=O)N2CCC[C@@H]2c2cccs2)n1. The number of nitrogens with one attached hydrogen (secondary N) is 1. The zero-order chi connectivity index (χ0) is 16.4. The average molecular weight is 350 g/mol. The third-order valence-electron chi connectivity index (χ3n) is 4.28. The molecule has 0 aromatic carbocycles. The van der Waals surface area contributed by atoms with Crippen LogP contribution >= 0.6 is 22.7 Å². The minimum Gasteiger partial charge on any atom is -0.334 e. The zero-order valence-corrected chi connectivity index (χ0v) is 15.5. The van der Waals surface area contributed by atoms with Gasteiger partial charge in [-0.25, -0.2) is 4.98 Å². The van der Waals surface area contributed by atoms with Crippen molar-refractivity contribution >= 4 is 28.6 Å². The molecule has 0 aliphatic carbocycles. The predicted molar refractivity (Wildman–Crippen MR) is 95.9 cm³/mol. The highest BCUT2D eigenvalue weighted by atomic mass is 32.1. The molecule has 6 heteroatoms. The molecule has 4 nitrogen and oxygen atoms in total. The lowest BCUT2D eigenvalue weighted by Crippen LogP contribution is -2.44. The van der Waals surface area contributed by atoms with Crippen molar-refractivity contribution in [3.8, 4) is 0 Å². The Labute approximate surface area is 145 Å². The second-order valence-corrected chi connectivity index (χ2v) is 8.37. The number of hydrogen-bond donors (Lipinski definition) is 1. The Bertz CT molecular complexity index is 663. The Balaban J connectivity index is 1.63. The topological polar surface area (TPSA) is 45.2 Å². The molecule has 0 saturated carbocycles. The summed E-state index contributed by atoms with van der Waals surface area (Å²) in [6, 6.07) is 4.46. The number of aromatic nitrogens is 1. The molecule has 1 aliphatic rings. The van der Waals surface area contributed by atoms with Crippen molar-refractivity contribution in [2.75, 3.05) is 13.1 Å². The molecule has 2 aromatic heterocycles. The second kappa shape index (κ2) is 6.71. The molecule has 23 heavy (non-hydrogen) atoms. The van der Waals surface area contributed by atoms with Crippen molar-refractivity contribution in [3.05, 3.63) is 38.5 Å². The first kappa shape index (κ1) is 16.6. The first-order valence-electron chi connectivity index (χ1n) is 7.98. The maximum atomic E-state index is 12.7. The van der Waals surface area contributed by atoms with E-state index in [0.717, 1.165) is 30.1 Å². The molecule has 1 amide bonds. The van der Waals surface area contributed by atoms with Crippen LogP contribution in [0.15, 0.2) is 22.9 Å². The van der Waals surface area contributed by atoms with Gasteiger partial charge in [0.25, 0.3) is 0 Å². The minimum absolute atomic E-state index is 0.183. The highest BCUT2D eigenvalue weighted by Gasteiger charge is 2.32. The van der Waals surface area contributed by atoms with E-state index in [1.807, 2.05) is 17.2 Å². The number of amides is 1. The number of thiophene rings is 1. The summed E-state index contributed by atoms with van der Waals surface area (Å²) in [7, 11) is 0. The van der Waals surface area contributed by atoms with Crippen molar-refractivity contribution in [3.63, 3.8) is 0 Å². The molecule has 0 unspecified atom stereocenters. The molecule has 1 fully saturated rings. The summed E-state index contributed by atoms with van der Waals surface area (Å²) in [6.07, 6.45) is 2.16. The first-order valence-corrected chi connectivity index (χ1v) is 9.74. The summed E-state index contributed by atoms with van der Waals surface area (Å²) in [5, 5.41) is 8.55. The van der Waals surface area contributed by atoms with Gasteiger partial charge in [-0.15, -0.1) is 22.7 Å². The van der Waals surface area contributed by atoms with Crippen LogP contribution in [0.5, 0.6) is 0 Å². The van der Waals surface area contributed by atoms with E-state index in [2.05, 4.69) is 41.7 Å². The summed E-state index contributed by atoms with van der Waals surface area (Å²) in [5.74, 6) is 0.183. The van der Waals surface area contributed by atoms with E-state index in [1.54, 1.807) is 22.7 Å². The van der Waals surface area contributed by atoms with Crippen LogP contribution < -0.4 is 5.32 Å². The van der Waals surface area contributed by atoms with Gasteiger partial charge in [0.15, 0.2) is 0 Å². The van der Waals surface area contributed by atoms with Gasteiger partial charge in [-0.1, -0.05) is 6.07 Å². The lowest BCUT2D eigenvalue weighted by molar-refractivity contribution is -0.131. The van der Waals surface area contributed by atoms with Crippen LogP contribution in [0.1, 0.15) is 48.3 Å². The molecule has 0 bridgehead atoms. The van der Waals surface area contributed by atoms with Gasteiger partial charge >= 0.3 is 0 Å². The molecule has 1 atom stereocenters. The van der Waals surface area contributed by atoms with E-state index in [0.29, 0.717) is 6.54 Å². The number of carbonyl (C=O) groups is 1. The van der Waals surface area contributed by atoms with Crippen molar-refractivity contribution in [1.29, 1.82) is 0 Å². The Morgan fingerprint density at radius 3 is 2.96 bits per heavy atom. The first-order chi connectivity index (χ1) is 11.0. The van der Waals surface area contributed by atoms with Crippen molar-refractivity contribution in [2.45, 2.75) is 45.2 Å². The molecule has 3 heterocycles. The quantitative estimate of drug-likeness (QED) is 0.895.